The lowest BCUT2D eigenvalue weighted by Gasteiger charge is -2.18. The van der Waals surface area contributed by atoms with E-state index >= 15 is 0 Å². The predicted molar refractivity (Wildman–Crippen MR) is 84.5 cm³/mol. The number of carbonyl (C=O) groups is 1. The first kappa shape index (κ1) is 15.2. The van der Waals surface area contributed by atoms with Gasteiger partial charge in [-0.2, -0.15) is 0 Å². The highest BCUT2D eigenvalue weighted by Crippen LogP contribution is 2.26. The zero-order chi connectivity index (χ0) is 15.2. The van der Waals surface area contributed by atoms with Crippen molar-refractivity contribution in [1.82, 2.24) is 5.32 Å². The first-order valence-electron chi connectivity index (χ1n) is 7.34. The van der Waals surface area contributed by atoms with Crippen molar-refractivity contribution in [3.05, 3.63) is 53.5 Å². The highest BCUT2D eigenvalue weighted by molar-refractivity contribution is 5.95. The number of amides is 1. The van der Waals surface area contributed by atoms with Crippen molar-refractivity contribution in [2.75, 3.05) is 11.9 Å². The van der Waals surface area contributed by atoms with Gasteiger partial charge in [-0.25, -0.2) is 0 Å². The minimum atomic E-state index is -0.0494. The average Bonchev–Trinajstić information content (AvgIpc) is 3.00. The van der Waals surface area contributed by atoms with Crippen molar-refractivity contribution in [1.29, 1.82) is 0 Å². The molecule has 0 fully saturated rings. The Balaban J connectivity index is 2.22. The molecule has 0 aliphatic heterocycles. The SMILES string of the molecule is CCNC(=O)c1ccc(C)c(NC(CC)c2ccco2)c1. The van der Waals surface area contributed by atoms with Gasteiger partial charge in [0.1, 0.15) is 5.76 Å². The van der Waals surface area contributed by atoms with Crippen molar-refractivity contribution in [3.63, 3.8) is 0 Å². The Labute approximate surface area is 125 Å². The van der Waals surface area contributed by atoms with Gasteiger partial charge in [-0.1, -0.05) is 13.0 Å². The zero-order valence-corrected chi connectivity index (χ0v) is 12.8. The van der Waals surface area contributed by atoms with E-state index in [1.807, 2.05) is 44.2 Å². The van der Waals surface area contributed by atoms with Gasteiger partial charge in [-0.3, -0.25) is 4.79 Å². The summed E-state index contributed by atoms with van der Waals surface area (Å²) in [6.07, 6.45) is 2.58. The molecule has 1 atom stereocenters. The van der Waals surface area contributed by atoms with Crippen LogP contribution in [0.5, 0.6) is 0 Å². The molecule has 1 heterocycles. The van der Waals surface area contributed by atoms with E-state index in [0.29, 0.717) is 12.1 Å². The van der Waals surface area contributed by atoms with E-state index in [1.165, 1.54) is 0 Å². The van der Waals surface area contributed by atoms with Crippen LogP contribution in [0.15, 0.2) is 41.0 Å². The maximum absolute atomic E-state index is 11.9. The first-order chi connectivity index (χ1) is 10.2. The summed E-state index contributed by atoms with van der Waals surface area (Å²) in [4.78, 5) is 11.9. The molecule has 0 saturated heterocycles. The Morgan fingerprint density at radius 2 is 2.10 bits per heavy atom. The van der Waals surface area contributed by atoms with Crippen LogP contribution >= 0.6 is 0 Å². The normalized spacial score (nSPS) is 12.0. The Kier molecular flexibility index (Phi) is 5.04. The lowest BCUT2D eigenvalue weighted by Crippen LogP contribution is -2.22. The van der Waals surface area contributed by atoms with Crippen molar-refractivity contribution < 1.29 is 9.21 Å². The molecule has 4 nitrogen and oxygen atoms in total. The van der Waals surface area contributed by atoms with E-state index in [-0.39, 0.29) is 11.9 Å². The average molecular weight is 286 g/mol. The van der Waals surface area contributed by atoms with Crippen LogP contribution in [-0.4, -0.2) is 12.5 Å². The molecular weight excluding hydrogens is 264 g/mol. The topological polar surface area (TPSA) is 54.3 Å². The van der Waals surface area contributed by atoms with Gasteiger partial charge >= 0.3 is 0 Å². The van der Waals surface area contributed by atoms with Gasteiger partial charge in [-0.05, 0) is 50.1 Å². The third-order valence-corrected chi connectivity index (χ3v) is 3.46. The maximum Gasteiger partial charge on any atom is 0.251 e. The lowest BCUT2D eigenvalue weighted by molar-refractivity contribution is 0.0956. The second kappa shape index (κ2) is 6.97. The maximum atomic E-state index is 11.9. The van der Waals surface area contributed by atoms with Gasteiger partial charge < -0.3 is 15.1 Å². The van der Waals surface area contributed by atoms with Crippen molar-refractivity contribution >= 4 is 11.6 Å². The van der Waals surface area contributed by atoms with E-state index in [9.17, 15) is 4.79 Å². The molecule has 4 heteroatoms. The minimum Gasteiger partial charge on any atom is -0.467 e. The van der Waals surface area contributed by atoms with Crippen LogP contribution in [0.1, 0.15) is 48.0 Å². The summed E-state index contributed by atoms with van der Waals surface area (Å²) >= 11 is 0. The van der Waals surface area contributed by atoms with Crippen LogP contribution in [-0.2, 0) is 0 Å². The number of carbonyl (C=O) groups excluding carboxylic acids is 1. The Hall–Kier alpha value is -2.23. The quantitative estimate of drug-likeness (QED) is 0.846. The van der Waals surface area contributed by atoms with Crippen molar-refractivity contribution in [2.24, 2.45) is 0 Å². The minimum absolute atomic E-state index is 0.0494. The fourth-order valence-electron chi connectivity index (χ4n) is 2.23. The molecule has 0 aliphatic carbocycles. The monoisotopic (exact) mass is 286 g/mol. The van der Waals surface area contributed by atoms with E-state index in [2.05, 4.69) is 17.6 Å². The summed E-state index contributed by atoms with van der Waals surface area (Å²) in [6, 6.07) is 9.65. The molecule has 0 saturated carbocycles. The number of anilines is 1. The summed E-state index contributed by atoms with van der Waals surface area (Å²) in [6.45, 7) is 6.66. The summed E-state index contributed by atoms with van der Waals surface area (Å²) < 4.78 is 5.47. The number of rotatable bonds is 6. The Morgan fingerprint density at radius 3 is 2.71 bits per heavy atom. The van der Waals surface area contributed by atoms with E-state index in [0.717, 1.165) is 23.4 Å². The highest BCUT2D eigenvalue weighted by Gasteiger charge is 2.14. The van der Waals surface area contributed by atoms with Crippen LogP contribution < -0.4 is 10.6 Å². The molecule has 0 spiro atoms. The summed E-state index contributed by atoms with van der Waals surface area (Å²) in [7, 11) is 0. The Morgan fingerprint density at radius 1 is 1.29 bits per heavy atom. The second-order valence-corrected chi connectivity index (χ2v) is 5.01. The molecule has 1 aromatic carbocycles. The molecule has 1 aromatic heterocycles. The highest BCUT2D eigenvalue weighted by atomic mass is 16.3. The molecule has 0 radical (unpaired) electrons. The van der Waals surface area contributed by atoms with Crippen LogP contribution in [0.2, 0.25) is 0 Å². The third-order valence-electron chi connectivity index (χ3n) is 3.46. The third kappa shape index (κ3) is 3.66. The Bertz CT molecular complexity index is 591. The fraction of sp³-hybridized carbons (Fsp3) is 0.353. The molecule has 112 valence electrons. The smallest absolute Gasteiger partial charge is 0.251 e. The number of aryl methyl sites for hydroxylation is 1. The number of furan rings is 1. The molecule has 21 heavy (non-hydrogen) atoms. The van der Waals surface area contributed by atoms with Crippen LogP contribution in [0, 0.1) is 6.92 Å². The van der Waals surface area contributed by atoms with Gasteiger partial charge in [0.25, 0.3) is 5.91 Å². The molecule has 1 unspecified atom stereocenters. The summed E-state index contributed by atoms with van der Waals surface area (Å²) in [5, 5.41) is 6.28. The largest absolute Gasteiger partial charge is 0.467 e. The van der Waals surface area contributed by atoms with E-state index < -0.39 is 0 Å². The zero-order valence-electron chi connectivity index (χ0n) is 12.8. The molecule has 2 aromatic rings. The predicted octanol–water partition coefficient (Wildman–Crippen LogP) is 3.90. The van der Waals surface area contributed by atoms with Gasteiger partial charge in [0.2, 0.25) is 0 Å². The van der Waals surface area contributed by atoms with Gasteiger partial charge in [0.05, 0.1) is 12.3 Å². The van der Waals surface area contributed by atoms with E-state index in [4.69, 9.17) is 4.42 Å². The number of hydrogen-bond donors (Lipinski definition) is 2. The second-order valence-electron chi connectivity index (χ2n) is 5.01. The standard InChI is InChI=1S/C17H22N2O2/c1-4-14(16-7-6-10-21-16)19-15-11-13(9-8-12(15)3)17(20)18-5-2/h6-11,14,19H,4-5H2,1-3H3,(H,18,20). The van der Waals surface area contributed by atoms with Crippen molar-refractivity contribution in [3.8, 4) is 0 Å². The number of nitrogens with one attached hydrogen (secondary N) is 2. The van der Waals surface area contributed by atoms with Crippen LogP contribution in [0.3, 0.4) is 0 Å². The van der Waals surface area contributed by atoms with E-state index in [1.54, 1.807) is 6.26 Å². The fourth-order valence-corrected chi connectivity index (χ4v) is 2.23. The van der Waals surface area contributed by atoms with Crippen molar-refractivity contribution in [2.45, 2.75) is 33.2 Å². The number of hydrogen-bond acceptors (Lipinski definition) is 3. The van der Waals surface area contributed by atoms with Crippen LogP contribution in [0.4, 0.5) is 5.69 Å². The molecule has 2 rings (SSSR count). The molecule has 1 amide bonds. The van der Waals surface area contributed by atoms with Gasteiger partial charge in [0, 0.05) is 17.8 Å². The molecule has 0 aliphatic rings. The van der Waals surface area contributed by atoms with Crippen LogP contribution in [0.25, 0.3) is 0 Å². The summed E-state index contributed by atoms with van der Waals surface area (Å²) in [5.74, 6) is 0.854. The number of benzene rings is 1. The van der Waals surface area contributed by atoms with Gasteiger partial charge in [-0.15, -0.1) is 0 Å². The lowest BCUT2D eigenvalue weighted by atomic mass is 10.1. The molecular formula is C17H22N2O2. The first-order valence-corrected chi connectivity index (χ1v) is 7.34. The molecule has 0 bridgehead atoms. The van der Waals surface area contributed by atoms with Gasteiger partial charge in [0.15, 0.2) is 0 Å². The summed E-state index contributed by atoms with van der Waals surface area (Å²) in [5.41, 5.74) is 2.73. The molecule has 2 N–H and O–H groups in total.